The molecule has 0 radical (unpaired) electrons. The summed E-state index contributed by atoms with van der Waals surface area (Å²) in [6.07, 6.45) is 3.88. The van der Waals surface area contributed by atoms with E-state index in [1.54, 1.807) is 23.1 Å². The number of thiazole rings is 1. The van der Waals surface area contributed by atoms with Crippen LogP contribution in [-0.4, -0.2) is 17.5 Å². The third-order valence-electron chi connectivity index (χ3n) is 2.76. The van der Waals surface area contributed by atoms with E-state index in [-0.39, 0.29) is 0 Å². The Hall–Kier alpha value is -1.36. The molecule has 0 aliphatic rings. The summed E-state index contributed by atoms with van der Waals surface area (Å²) in [4.78, 5) is 9.01. The zero-order valence-corrected chi connectivity index (χ0v) is 13.1. The highest BCUT2D eigenvalue weighted by molar-refractivity contribution is 8.00. The van der Waals surface area contributed by atoms with Gasteiger partial charge in [-0.05, 0) is 42.2 Å². The van der Waals surface area contributed by atoms with Gasteiger partial charge in [-0.1, -0.05) is 35.5 Å². The molecule has 5 heteroatoms. The highest BCUT2D eigenvalue weighted by Crippen LogP contribution is 2.30. The standard InChI is InChI=1S/C15H11ClN2S2/c1-19-15-18-13-7-6-12(8-14(13)20-15)17-9-10-2-4-11(16)5-3-10/h2-9H,1H3. The average Bonchev–Trinajstić information content (AvgIpc) is 2.89. The van der Waals surface area contributed by atoms with Crippen LogP contribution in [0.25, 0.3) is 10.2 Å². The second kappa shape index (κ2) is 5.95. The van der Waals surface area contributed by atoms with E-state index >= 15 is 0 Å². The zero-order valence-electron chi connectivity index (χ0n) is 10.7. The number of fused-ring (bicyclic) bond motifs is 1. The smallest absolute Gasteiger partial charge is 0.150 e. The minimum Gasteiger partial charge on any atom is -0.256 e. The monoisotopic (exact) mass is 318 g/mol. The summed E-state index contributed by atoms with van der Waals surface area (Å²) < 4.78 is 2.25. The number of halogens is 1. The normalized spacial score (nSPS) is 11.5. The average molecular weight is 319 g/mol. The molecule has 3 rings (SSSR count). The third kappa shape index (κ3) is 3.03. The molecule has 2 aromatic carbocycles. The van der Waals surface area contributed by atoms with Crippen LogP contribution in [0.1, 0.15) is 5.56 Å². The lowest BCUT2D eigenvalue weighted by atomic mass is 10.2. The van der Waals surface area contributed by atoms with Crippen LogP contribution in [-0.2, 0) is 0 Å². The van der Waals surface area contributed by atoms with Crippen molar-refractivity contribution >= 4 is 56.8 Å². The minimum absolute atomic E-state index is 0.734. The molecule has 100 valence electrons. The molecule has 2 nitrogen and oxygen atoms in total. The van der Waals surface area contributed by atoms with Crippen LogP contribution in [0.5, 0.6) is 0 Å². The van der Waals surface area contributed by atoms with Crippen LogP contribution in [0.3, 0.4) is 0 Å². The molecule has 0 aliphatic heterocycles. The van der Waals surface area contributed by atoms with Crippen molar-refractivity contribution in [3.63, 3.8) is 0 Å². The molecule has 0 bridgehead atoms. The Morgan fingerprint density at radius 2 is 2.00 bits per heavy atom. The first-order valence-corrected chi connectivity index (χ1v) is 8.41. The Morgan fingerprint density at radius 1 is 1.20 bits per heavy atom. The van der Waals surface area contributed by atoms with Crippen molar-refractivity contribution in [3.8, 4) is 0 Å². The Balaban J connectivity index is 1.88. The molecule has 0 amide bonds. The maximum Gasteiger partial charge on any atom is 0.150 e. The zero-order chi connectivity index (χ0) is 13.9. The number of thioether (sulfide) groups is 1. The van der Waals surface area contributed by atoms with Crippen LogP contribution < -0.4 is 0 Å². The van der Waals surface area contributed by atoms with E-state index in [0.29, 0.717) is 0 Å². The number of aromatic nitrogens is 1. The van der Waals surface area contributed by atoms with Gasteiger partial charge in [0.2, 0.25) is 0 Å². The van der Waals surface area contributed by atoms with Crippen molar-refractivity contribution < 1.29 is 0 Å². The number of hydrogen-bond donors (Lipinski definition) is 0. The quantitative estimate of drug-likeness (QED) is 0.475. The highest BCUT2D eigenvalue weighted by Gasteiger charge is 2.03. The van der Waals surface area contributed by atoms with Crippen LogP contribution in [0.4, 0.5) is 5.69 Å². The first kappa shape index (κ1) is 13.6. The van der Waals surface area contributed by atoms with Crippen LogP contribution in [0.15, 0.2) is 51.8 Å². The number of nitrogens with zero attached hydrogens (tertiary/aromatic N) is 2. The SMILES string of the molecule is CSc1nc2ccc(N=Cc3ccc(Cl)cc3)cc2s1. The number of hydrogen-bond acceptors (Lipinski definition) is 4. The first-order chi connectivity index (χ1) is 9.74. The Kier molecular flexibility index (Phi) is 4.05. The summed E-state index contributed by atoms with van der Waals surface area (Å²) in [6, 6.07) is 13.7. The second-order valence-corrected chi connectivity index (χ2v) is 6.67. The Labute approximate surface area is 130 Å². The van der Waals surface area contributed by atoms with E-state index in [1.807, 2.05) is 48.9 Å². The molecule has 1 heterocycles. The van der Waals surface area contributed by atoms with Crippen molar-refractivity contribution in [3.05, 3.63) is 53.1 Å². The summed E-state index contributed by atoms with van der Waals surface area (Å²) in [6.45, 7) is 0. The van der Waals surface area contributed by atoms with E-state index in [0.717, 1.165) is 26.1 Å². The third-order valence-corrected chi connectivity index (χ3v) is 5.02. The molecule has 1 aromatic heterocycles. The van der Waals surface area contributed by atoms with Crippen molar-refractivity contribution in [2.75, 3.05) is 6.26 Å². The Bertz CT molecular complexity index is 763. The molecule has 0 atom stereocenters. The van der Waals surface area contributed by atoms with Crippen molar-refractivity contribution in [2.45, 2.75) is 4.34 Å². The van der Waals surface area contributed by atoms with Gasteiger partial charge in [0, 0.05) is 11.2 Å². The molecule has 3 aromatic rings. The fourth-order valence-corrected chi connectivity index (χ4v) is 3.41. The van der Waals surface area contributed by atoms with Gasteiger partial charge in [-0.15, -0.1) is 11.3 Å². The summed E-state index contributed by atoms with van der Waals surface area (Å²) in [5.74, 6) is 0. The molecular weight excluding hydrogens is 308 g/mol. The summed E-state index contributed by atoms with van der Waals surface area (Å²) >= 11 is 9.22. The first-order valence-electron chi connectivity index (χ1n) is 5.99. The van der Waals surface area contributed by atoms with Gasteiger partial charge in [-0.25, -0.2) is 4.98 Å². The molecule has 0 N–H and O–H groups in total. The molecule has 0 aliphatic carbocycles. The number of rotatable bonds is 3. The van der Waals surface area contributed by atoms with Gasteiger partial charge >= 0.3 is 0 Å². The predicted molar refractivity (Wildman–Crippen MR) is 90.1 cm³/mol. The van der Waals surface area contributed by atoms with Gasteiger partial charge in [0.25, 0.3) is 0 Å². The second-order valence-electron chi connectivity index (χ2n) is 4.15. The van der Waals surface area contributed by atoms with Crippen molar-refractivity contribution in [2.24, 2.45) is 4.99 Å². The van der Waals surface area contributed by atoms with E-state index in [2.05, 4.69) is 16.0 Å². The fourth-order valence-electron chi connectivity index (χ4n) is 1.76. The van der Waals surface area contributed by atoms with Gasteiger partial charge in [-0.2, -0.15) is 0 Å². The highest BCUT2D eigenvalue weighted by atomic mass is 35.5. The molecule has 0 unspecified atom stereocenters. The maximum absolute atomic E-state index is 5.86. The summed E-state index contributed by atoms with van der Waals surface area (Å²) in [7, 11) is 0. The van der Waals surface area contributed by atoms with Gasteiger partial charge in [0.05, 0.1) is 15.9 Å². The molecule has 20 heavy (non-hydrogen) atoms. The summed E-state index contributed by atoms with van der Waals surface area (Å²) in [5, 5.41) is 0.734. The predicted octanol–water partition coefficient (Wildman–Crippen LogP) is 5.42. The molecule has 0 saturated heterocycles. The minimum atomic E-state index is 0.734. The van der Waals surface area contributed by atoms with E-state index in [9.17, 15) is 0 Å². The Morgan fingerprint density at radius 3 is 2.75 bits per heavy atom. The van der Waals surface area contributed by atoms with Crippen molar-refractivity contribution in [1.82, 2.24) is 4.98 Å². The van der Waals surface area contributed by atoms with Gasteiger partial charge < -0.3 is 0 Å². The molecule has 0 fully saturated rings. The maximum atomic E-state index is 5.86. The molecule has 0 spiro atoms. The van der Waals surface area contributed by atoms with Crippen LogP contribution in [0.2, 0.25) is 5.02 Å². The summed E-state index contributed by atoms with van der Waals surface area (Å²) in [5.41, 5.74) is 3.00. The molecular formula is C15H11ClN2S2. The van der Waals surface area contributed by atoms with Gasteiger partial charge in [-0.3, -0.25) is 4.99 Å². The van der Waals surface area contributed by atoms with E-state index in [4.69, 9.17) is 11.6 Å². The molecule has 0 saturated carbocycles. The lowest BCUT2D eigenvalue weighted by molar-refractivity contribution is 1.31. The van der Waals surface area contributed by atoms with E-state index < -0.39 is 0 Å². The number of aliphatic imine (C=N–C) groups is 1. The largest absolute Gasteiger partial charge is 0.256 e. The lowest BCUT2D eigenvalue weighted by Gasteiger charge is -1.95. The van der Waals surface area contributed by atoms with Crippen molar-refractivity contribution in [1.29, 1.82) is 0 Å². The van der Waals surface area contributed by atoms with Gasteiger partial charge in [0.15, 0.2) is 4.34 Å². The van der Waals surface area contributed by atoms with E-state index in [1.165, 1.54) is 4.70 Å². The van der Waals surface area contributed by atoms with Crippen LogP contribution >= 0.6 is 34.7 Å². The fraction of sp³-hybridized carbons (Fsp3) is 0.0667. The van der Waals surface area contributed by atoms with Gasteiger partial charge in [0.1, 0.15) is 0 Å². The number of benzene rings is 2. The topological polar surface area (TPSA) is 25.2 Å². The lowest BCUT2D eigenvalue weighted by Crippen LogP contribution is -1.78. The van der Waals surface area contributed by atoms with Crippen LogP contribution in [0, 0.1) is 0 Å².